The second-order valence-corrected chi connectivity index (χ2v) is 5.16. The van der Waals surface area contributed by atoms with Crippen molar-refractivity contribution in [2.24, 2.45) is 0 Å². The Morgan fingerprint density at radius 2 is 1.64 bits per heavy atom. The molecule has 0 atom stereocenters. The van der Waals surface area contributed by atoms with Crippen molar-refractivity contribution >= 4 is 15.9 Å². The number of benzene rings is 1. The van der Waals surface area contributed by atoms with Gasteiger partial charge in [-0.3, -0.25) is 0 Å². The van der Waals surface area contributed by atoms with Gasteiger partial charge in [0.05, 0.1) is 0 Å². The molecule has 0 bridgehead atoms. The standard InChI is InChI=1S/C7H8F5NS/c1-13-6-3-2-4-7(5-6)14(8,9,10,11)12/h2-5,13H,1H3. The van der Waals surface area contributed by atoms with Crippen LogP contribution in [-0.2, 0) is 0 Å². The van der Waals surface area contributed by atoms with Gasteiger partial charge in [-0.25, -0.2) is 0 Å². The third-order valence-electron chi connectivity index (χ3n) is 1.57. The topological polar surface area (TPSA) is 12.0 Å². The van der Waals surface area contributed by atoms with Crippen LogP contribution in [0.1, 0.15) is 0 Å². The van der Waals surface area contributed by atoms with E-state index >= 15 is 0 Å². The van der Waals surface area contributed by atoms with E-state index in [1.807, 2.05) is 0 Å². The van der Waals surface area contributed by atoms with Crippen molar-refractivity contribution in [2.75, 3.05) is 12.4 Å². The number of anilines is 1. The molecule has 0 aliphatic heterocycles. The van der Waals surface area contributed by atoms with Gasteiger partial charge in [-0.15, -0.1) is 0 Å². The van der Waals surface area contributed by atoms with Gasteiger partial charge in [0.1, 0.15) is 4.90 Å². The maximum absolute atomic E-state index is 12.2. The van der Waals surface area contributed by atoms with Gasteiger partial charge in [-0.2, -0.15) is 0 Å². The van der Waals surface area contributed by atoms with Crippen LogP contribution in [0.15, 0.2) is 29.2 Å². The second-order valence-electron chi connectivity index (χ2n) is 2.75. The fourth-order valence-electron chi connectivity index (χ4n) is 0.892. The van der Waals surface area contributed by atoms with Crippen LogP contribution in [0.5, 0.6) is 0 Å². The van der Waals surface area contributed by atoms with Crippen molar-refractivity contribution < 1.29 is 19.4 Å². The van der Waals surface area contributed by atoms with Crippen LogP contribution in [0, 0.1) is 0 Å². The SMILES string of the molecule is CNc1cccc(S(F)(F)(F)(F)F)c1. The quantitative estimate of drug-likeness (QED) is 0.747. The molecule has 0 saturated heterocycles. The molecule has 0 aliphatic rings. The molecule has 82 valence electrons. The van der Waals surface area contributed by atoms with Crippen LogP contribution in [0.2, 0.25) is 0 Å². The van der Waals surface area contributed by atoms with Gasteiger partial charge >= 0.3 is 10.2 Å². The van der Waals surface area contributed by atoms with Gasteiger partial charge < -0.3 is 5.32 Å². The third-order valence-corrected chi connectivity index (χ3v) is 2.71. The molecule has 0 fully saturated rings. The van der Waals surface area contributed by atoms with E-state index < -0.39 is 15.1 Å². The molecule has 0 radical (unpaired) electrons. The average Bonchev–Trinajstić information content (AvgIpc) is 2.01. The molecule has 0 aromatic heterocycles. The molecule has 0 amide bonds. The summed E-state index contributed by atoms with van der Waals surface area (Å²) in [5, 5.41) is 2.36. The van der Waals surface area contributed by atoms with Crippen LogP contribution < -0.4 is 5.32 Å². The molecular formula is C7H8F5NS. The lowest BCUT2D eigenvalue weighted by molar-refractivity contribution is 0.364. The molecular weight excluding hydrogens is 225 g/mol. The lowest BCUT2D eigenvalue weighted by atomic mass is 10.3. The van der Waals surface area contributed by atoms with E-state index in [1.54, 1.807) is 0 Å². The van der Waals surface area contributed by atoms with Gasteiger partial charge in [0.2, 0.25) is 0 Å². The van der Waals surface area contributed by atoms with Gasteiger partial charge in [0.15, 0.2) is 0 Å². The van der Waals surface area contributed by atoms with Crippen molar-refractivity contribution in [1.82, 2.24) is 0 Å². The highest BCUT2D eigenvalue weighted by Crippen LogP contribution is 3.02. The summed E-state index contributed by atoms with van der Waals surface area (Å²) in [6.07, 6.45) is 0. The first kappa shape index (κ1) is 11.1. The van der Waals surface area contributed by atoms with Crippen LogP contribution in [0.25, 0.3) is 0 Å². The molecule has 0 unspecified atom stereocenters. The number of nitrogens with one attached hydrogen (secondary N) is 1. The zero-order valence-electron chi connectivity index (χ0n) is 7.11. The Kier molecular flexibility index (Phi) is 1.85. The van der Waals surface area contributed by atoms with E-state index in [0.29, 0.717) is 12.1 Å². The summed E-state index contributed by atoms with van der Waals surface area (Å²) in [5.41, 5.74) is -0.00394. The number of halogens is 5. The van der Waals surface area contributed by atoms with Crippen molar-refractivity contribution in [3.05, 3.63) is 24.3 Å². The summed E-state index contributed by atoms with van der Waals surface area (Å²) in [6.45, 7) is 0. The fraction of sp³-hybridized carbons (Fsp3) is 0.143. The Morgan fingerprint density at radius 3 is 2.07 bits per heavy atom. The molecule has 0 saturated carbocycles. The maximum Gasteiger partial charge on any atom is 0.310 e. The Morgan fingerprint density at radius 1 is 1.07 bits per heavy atom. The normalized spacial score (nSPS) is 17.0. The molecule has 14 heavy (non-hydrogen) atoms. The van der Waals surface area contributed by atoms with Gasteiger partial charge in [-0.1, -0.05) is 25.5 Å². The van der Waals surface area contributed by atoms with Gasteiger partial charge in [0.25, 0.3) is 0 Å². The minimum atomic E-state index is -9.52. The summed E-state index contributed by atoms with van der Waals surface area (Å²) >= 11 is 0. The first-order chi connectivity index (χ1) is 6.03. The Balaban J connectivity index is 3.35. The summed E-state index contributed by atoms with van der Waals surface area (Å²) in [4.78, 5) is -1.88. The van der Waals surface area contributed by atoms with Gasteiger partial charge in [-0.05, 0) is 18.2 Å². The van der Waals surface area contributed by atoms with E-state index in [2.05, 4.69) is 5.32 Å². The lowest BCUT2D eigenvalue weighted by Crippen LogP contribution is -2.06. The Labute approximate surface area is 77.6 Å². The lowest BCUT2D eigenvalue weighted by Gasteiger charge is -2.40. The molecule has 1 N–H and O–H groups in total. The molecule has 0 aliphatic carbocycles. The number of rotatable bonds is 2. The third kappa shape index (κ3) is 2.50. The van der Waals surface area contributed by atoms with E-state index in [1.165, 1.54) is 13.1 Å². The first-order valence-electron chi connectivity index (χ1n) is 3.55. The summed E-state index contributed by atoms with van der Waals surface area (Å²) in [7, 11) is -8.17. The largest absolute Gasteiger partial charge is 0.388 e. The van der Waals surface area contributed by atoms with Crippen LogP contribution in [0.4, 0.5) is 25.1 Å². The first-order valence-corrected chi connectivity index (χ1v) is 5.50. The molecule has 0 heterocycles. The van der Waals surface area contributed by atoms with Crippen molar-refractivity contribution in [3.8, 4) is 0 Å². The molecule has 7 heteroatoms. The zero-order chi connectivity index (χ0) is 11.1. The number of hydrogen-bond acceptors (Lipinski definition) is 1. The van der Waals surface area contributed by atoms with E-state index in [9.17, 15) is 19.4 Å². The van der Waals surface area contributed by atoms with Crippen LogP contribution >= 0.6 is 10.2 Å². The fourth-order valence-corrected chi connectivity index (χ4v) is 1.58. The minimum Gasteiger partial charge on any atom is -0.388 e. The minimum absolute atomic E-state index is 0.00394. The predicted molar refractivity (Wildman–Crippen MR) is 47.4 cm³/mol. The van der Waals surface area contributed by atoms with Crippen LogP contribution in [0.3, 0.4) is 0 Å². The zero-order valence-corrected chi connectivity index (χ0v) is 7.92. The number of hydrogen-bond donors (Lipinski definition) is 1. The molecule has 1 rings (SSSR count). The Bertz CT molecular complexity index is 357. The van der Waals surface area contributed by atoms with E-state index in [-0.39, 0.29) is 5.69 Å². The smallest absolute Gasteiger partial charge is 0.310 e. The average molecular weight is 233 g/mol. The highest BCUT2D eigenvalue weighted by Gasteiger charge is 2.65. The molecule has 1 aromatic carbocycles. The van der Waals surface area contributed by atoms with Crippen molar-refractivity contribution in [3.63, 3.8) is 0 Å². The molecule has 1 aromatic rings. The second kappa shape index (κ2) is 2.33. The van der Waals surface area contributed by atoms with E-state index in [0.717, 1.165) is 6.07 Å². The summed E-state index contributed by atoms with van der Waals surface area (Å²) < 4.78 is 61.2. The molecule has 1 nitrogen and oxygen atoms in total. The molecule has 0 spiro atoms. The maximum atomic E-state index is 12.2. The summed E-state index contributed by atoms with van der Waals surface area (Å²) in [5.74, 6) is 0. The highest BCUT2D eigenvalue weighted by molar-refractivity contribution is 8.45. The predicted octanol–water partition coefficient (Wildman–Crippen LogP) is 4.39. The Hall–Kier alpha value is -0.980. The van der Waals surface area contributed by atoms with Crippen LogP contribution in [-0.4, -0.2) is 7.05 Å². The van der Waals surface area contributed by atoms with Crippen molar-refractivity contribution in [2.45, 2.75) is 4.90 Å². The van der Waals surface area contributed by atoms with E-state index in [4.69, 9.17) is 0 Å². The van der Waals surface area contributed by atoms with Gasteiger partial charge in [0, 0.05) is 12.7 Å². The highest BCUT2D eigenvalue weighted by atomic mass is 32.5. The summed E-state index contributed by atoms with van der Waals surface area (Å²) in [6, 6.07) is 2.95. The van der Waals surface area contributed by atoms with Crippen molar-refractivity contribution in [1.29, 1.82) is 0 Å². The monoisotopic (exact) mass is 233 g/mol.